The van der Waals surface area contributed by atoms with E-state index in [4.69, 9.17) is 9.84 Å². The van der Waals surface area contributed by atoms with Crippen molar-refractivity contribution in [3.05, 3.63) is 0 Å². The molecule has 0 aromatic rings. The van der Waals surface area contributed by atoms with Crippen LogP contribution in [0.3, 0.4) is 0 Å². The summed E-state index contributed by atoms with van der Waals surface area (Å²) in [5, 5.41) is 8.76. The number of ether oxygens (including phenoxy) is 1. The lowest BCUT2D eigenvalue weighted by molar-refractivity contribution is -0.190. The van der Waals surface area contributed by atoms with Gasteiger partial charge in [0.2, 0.25) is 0 Å². The summed E-state index contributed by atoms with van der Waals surface area (Å²) in [5.41, 5.74) is 0. The smallest absolute Gasteiger partial charge is 0.394 e. The van der Waals surface area contributed by atoms with Gasteiger partial charge >= 0.3 is 12.1 Å². The average molecular weight is 226 g/mol. The molecule has 0 radical (unpaired) electrons. The molecule has 0 unspecified atom stereocenters. The zero-order chi connectivity index (χ0) is 11.6. The van der Waals surface area contributed by atoms with Gasteiger partial charge in [-0.2, -0.15) is 13.2 Å². The number of hydrogen-bond acceptors (Lipinski definition) is 2. The molecule has 1 aliphatic heterocycles. The van der Waals surface area contributed by atoms with Gasteiger partial charge in [0.15, 0.2) is 0 Å². The van der Waals surface area contributed by atoms with Gasteiger partial charge in [0.25, 0.3) is 0 Å². The highest BCUT2D eigenvalue weighted by Gasteiger charge is 2.54. The van der Waals surface area contributed by atoms with Crippen LogP contribution in [0.25, 0.3) is 0 Å². The normalized spacial score (nSPS) is 31.9. The Morgan fingerprint density at radius 1 is 1.53 bits per heavy atom. The summed E-state index contributed by atoms with van der Waals surface area (Å²) in [6.45, 7) is 1.24. The van der Waals surface area contributed by atoms with Crippen LogP contribution in [0.4, 0.5) is 13.2 Å². The first-order valence-corrected chi connectivity index (χ1v) is 4.79. The van der Waals surface area contributed by atoms with Crippen molar-refractivity contribution in [1.82, 2.24) is 0 Å². The van der Waals surface area contributed by atoms with E-state index >= 15 is 0 Å². The maximum absolute atomic E-state index is 12.4. The molecule has 1 N–H and O–H groups in total. The van der Waals surface area contributed by atoms with Crippen molar-refractivity contribution in [3.8, 4) is 0 Å². The Hall–Kier alpha value is -0.780. The molecule has 1 fully saturated rings. The minimum absolute atomic E-state index is 0.351. The summed E-state index contributed by atoms with van der Waals surface area (Å²) in [5.74, 6) is -4.75. The lowest BCUT2D eigenvalue weighted by Crippen LogP contribution is -2.36. The fourth-order valence-electron chi connectivity index (χ4n) is 1.87. The fraction of sp³-hybridized carbons (Fsp3) is 0.889. The Bertz CT molecular complexity index is 239. The number of hydrogen-bond donors (Lipinski definition) is 1. The molecular formula is C9H13F3O3. The van der Waals surface area contributed by atoms with Crippen molar-refractivity contribution in [3.63, 3.8) is 0 Å². The third-order valence-corrected chi connectivity index (χ3v) is 2.60. The van der Waals surface area contributed by atoms with Gasteiger partial charge in [-0.3, -0.25) is 4.79 Å². The van der Waals surface area contributed by atoms with E-state index in [2.05, 4.69) is 0 Å². The van der Waals surface area contributed by atoms with Gasteiger partial charge in [-0.05, 0) is 6.42 Å². The second-order valence-corrected chi connectivity index (χ2v) is 3.67. The minimum atomic E-state index is -4.49. The van der Waals surface area contributed by atoms with Crippen LogP contribution in [-0.4, -0.2) is 30.0 Å². The highest BCUT2D eigenvalue weighted by Crippen LogP contribution is 2.40. The molecule has 1 aliphatic rings. The second kappa shape index (κ2) is 4.38. The molecule has 88 valence electrons. The molecule has 1 saturated heterocycles. The highest BCUT2D eigenvalue weighted by molar-refractivity contribution is 5.71. The van der Waals surface area contributed by atoms with E-state index in [0.717, 1.165) is 0 Å². The molecular weight excluding hydrogens is 213 g/mol. The van der Waals surface area contributed by atoms with Crippen molar-refractivity contribution in [2.45, 2.75) is 32.0 Å². The van der Waals surface area contributed by atoms with Gasteiger partial charge < -0.3 is 9.84 Å². The number of carboxylic acids is 1. The van der Waals surface area contributed by atoms with Gasteiger partial charge in [-0.25, -0.2) is 0 Å². The SMILES string of the molecule is CCC[C@@H]1OC[C@H](C(F)(F)F)[C@H]1C(=O)O. The predicted molar refractivity (Wildman–Crippen MR) is 45.3 cm³/mol. The molecule has 0 aromatic carbocycles. The molecule has 6 heteroatoms. The molecule has 0 bridgehead atoms. The van der Waals surface area contributed by atoms with Crippen LogP contribution in [0.2, 0.25) is 0 Å². The lowest BCUT2D eigenvalue weighted by atomic mass is 9.88. The zero-order valence-corrected chi connectivity index (χ0v) is 8.25. The fourth-order valence-corrected chi connectivity index (χ4v) is 1.87. The summed E-state index contributed by atoms with van der Waals surface area (Å²) in [7, 11) is 0. The van der Waals surface area contributed by atoms with Crippen molar-refractivity contribution in [2.75, 3.05) is 6.61 Å². The molecule has 0 aliphatic carbocycles. The van der Waals surface area contributed by atoms with Crippen LogP contribution in [0.15, 0.2) is 0 Å². The standard InChI is InChI=1S/C9H13F3O3/c1-2-3-6-7(8(13)14)5(4-15-6)9(10,11)12/h5-7H,2-4H2,1H3,(H,13,14)/t5-,6-,7+/m0/s1. The Balaban J connectivity index is 2.80. The van der Waals surface area contributed by atoms with Crippen LogP contribution < -0.4 is 0 Å². The van der Waals surface area contributed by atoms with E-state index in [-0.39, 0.29) is 0 Å². The summed E-state index contributed by atoms with van der Waals surface area (Å²) in [6.07, 6.45) is -4.34. The molecule has 3 atom stereocenters. The average Bonchev–Trinajstić information content (AvgIpc) is 2.47. The maximum Gasteiger partial charge on any atom is 0.394 e. The molecule has 0 spiro atoms. The van der Waals surface area contributed by atoms with E-state index in [1.807, 2.05) is 0 Å². The Morgan fingerprint density at radius 3 is 2.53 bits per heavy atom. The Labute approximate surface area is 85.2 Å². The first-order chi connectivity index (χ1) is 6.88. The topological polar surface area (TPSA) is 46.5 Å². The number of carboxylic acid groups (broad SMARTS) is 1. The minimum Gasteiger partial charge on any atom is -0.481 e. The summed E-state index contributed by atoms with van der Waals surface area (Å²) in [4.78, 5) is 10.8. The summed E-state index contributed by atoms with van der Waals surface area (Å²) < 4.78 is 42.2. The van der Waals surface area contributed by atoms with Crippen LogP contribution in [0, 0.1) is 11.8 Å². The van der Waals surface area contributed by atoms with Crippen LogP contribution in [0.5, 0.6) is 0 Å². The number of carbonyl (C=O) groups is 1. The third kappa shape index (κ3) is 2.62. The highest BCUT2D eigenvalue weighted by atomic mass is 19.4. The van der Waals surface area contributed by atoms with Crippen molar-refractivity contribution in [1.29, 1.82) is 0 Å². The Kier molecular flexibility index (Phi) is 3.59. The maximum atomic E-state index is 12.4. The van der Waals surface area contributed by atoms with Gasteiger partial charge in [0.1, 0.15) is 0 Å². The largest absolute Gasteiger partial charge is 0.481 e. The number of rotatable bonds is 3. The van der Waals surface area contributed by atoms with Gasteiger partial charge in [0.05, 0.1) is 24.5 Å². The van der Waals surface area contributed by atoms with Gasteiger partial charge in [-0.15, -0.1) is 0 Å². The number of alkyl halides is 3. The lowest BCUT2D eigenvalue weighted by Gasteiger charge is -2.20. The molecule has 0 saturated carbocycles. The van der Waals surface area contributed by atoms with Crippen molar-refractivity contribution >= 4 is 5.97 Å². The van der Waals surface area contributed by atoms with Crippen LogP contribution in [0.1, 0.15) is 19.8 Å². The number of aliphatic carboxylic acids is 1. The van der Waals surface area contributed by atoms with Crippen LogP contribution in [-0.2, 0) is 9.53 Å². The van der Waals surface area contributed by atoms with Crippen LogP contribution >= 0.6 is 0 Å². The molecule has 0 amide bonds. The third-order valence-electron chi connectivity index (χ3n) is 2.60. The molecule has 1 heterocycles. The first-order valence-electron chi connectivity index (χ1n) is 4.79. The molecule has 1 rings (SSSR count). The summed E-state index contributed by atoms with van der Waals surface area (Å²) >= 11 is 0. The van der Waals surface area contributed by atoms with E-state index in [9.17, 15) is 18.0 Å². The molecule has 15 heavy (non-hydrogen) atoms. The quantitative estimate of drug-likeness (QED) is 0.801. The first kappa shape index (κ1) is 12.3. The molecule has 3 nitrogen and oxygen atoms in total. The van der Waals surface area contributed by atoms with E-state index in [1.165, 1.54) is 0 Å². The van der Waals surface area contributed by atoms with E-state index in [0.29, 0.717) is 12.8 Å². The van der Waals surface area contributed by atoms with Crippen molar-refractivity contribution < 1.29 is 27.8 Å². The molecule has 0 aromatic heterocycles. The number of halogens is 3. The predicted octanol–water partition coefficient (Wildman–Crippen LogP) is 2.06. The summed E-state index contributed by atoms with van der Waals surface area (Å²) in [6, 6.07) is 0. The van der Waals surface area contributed by atoms with E-state index < -0.39 is 36.7 Å². The van der Waals surface area contributed by atoms with E-state index in [1.54, 1.807) is 6.92 Å². The van der Waals surface area contributed by atoms with Crippen molar-refractivity contribution in [2.24, 2.45) is 11.8 Å². The Morgan fingerprint density at radius 2 is 2.13 bits per heavy atom. The van der Waals surface area contributed by atoms with Gasteiger partial charge in [0, 0.05) is 0 Å². The van der Waals surface area contributed by atoms with Gasteiger partial charge in [-0.1, -0.05) is 13.3 Å². The second-order valence-electron chi connectivity index (χ2n) is 3.67. The monoisotopic (exact) mass is 226 g/mol. The zero-order valence-electron chi connectivity index (χ0n) is 8.25.